The van der Waals surface area contributed by atoms with E-state index in [1.54, 1.807) is 0 Å². The maximum atomic E-state index is 12.2. The minimum absolute atomic E-state index is 0.132. The first-order valence-corrected chi connectivity index (χ1v) is 3.59. The van der Waals surface area contributed by atoms with Crippen LogP contribution in [-0.2, 0) is 0 Å². The molecule has 0 aromatic heterocycles. The molecule has 0 saturated heterocycles. The van der Waals surface area contributed by atoms with E-state index in [9.17, 15) is 18.9 Å². The van der Waals surface area contributed by atoms with E-state index >= 15 is 0 Å². The molecule has 0 radical (unpaired) electrons. The van der Waals surface area contributed by atoms with Gasteiger partial charge >= 0.3 is 0 Å². The number of hydrogen-bond acceptors (Lipinski definition) is 4. The second kappa shape index (κ2) is 3.97. The molecule has 0 bridgehead atoms. The third-order valence-electron chi connectivity index (χ3n) is 1.62. The summed E-state index contributed by atoms with van der Waals surface area (Å²) < 4.78 is 24.4. The van der Waals surface area contributed by atoms with Crippen molar-refractivity contribution in [3.05, 3.63) is 33.9 Å². The van der Waals surface area contributed by atoms with Gasteiger partial charge in [0.25, 0.3) is 12.1 Å². The topological polar surface area (TPSA) is 81.2 Å². The largest absolute Gasteiger partial charge is 0.318 e. The molecule has 0 amide bonds. The Balaban J connectivity index is 3.18. The fourth-order valence-corrected chi connectivity index (χ4v) is 0.964. The number of nitro groups is 1. The second-order valence-corrected chi connectivity index (χ2v) is 2.48. The van der Waals surface area contributed by atoms with Crippen LogP contribution in [-0.4, -0.2) is 4.92 Å². The molecule has 0 unspecified atom stereocenters. The number of nitrogen functional groups attached to an aromatic ring is 1. The van der Waals surface area contributed by atoms with Crippen LogP contribution in [0.25, 0.3) is 0 Å². The van der Waals surface area contributed by atoms with Crippen molar-refractivity contribution in [3.63, 3.8) is 0 Å². The molecule has 0 aliphatic heterocycles. The average molecular weight is 203 g/mol. The number of benzene rings is 1. The number of halogens is 2. The van der Waals surface area contributed by atoms with Gasteiger partial charge in [0.2, 0.25) is 0 Å². The Morgan fingerprint density at radius 3 is 2.57 bits per heavy atom. The van der Waals surface area contributed by atoms with Gasteiger partial charge in [-0.15, -0.1) is 0 Å². The molecule has 76 valence electrons. The normalized spacial score (nSPS) is 10.3. The standard InChI is InChI=1S/C7H7F2N3O2/c8-7(9)4-1-2-6(12(13)14)5(3-4)11-10/h1-3,7,11H,10H2. The van der Waals surface area contributed by atoms with E-state index in [4.69, 9.17) is 5.84 Å². The SMILES string of the molecule is NNc1cc(C(F)F)ccc1[N+](=O)[O-]. The lowest BCUT2D eigenvalue weighted by Gasteiger charge is -2.04. The van der Waals surface area contributed by atoms with Crippen molar-refractivity contribution in [2.24, 2.45) is 5.84 Å². The summed E-state index contributed by atoms with van der Waals surface area (Å²) in [5.41, 5.74) is 1.21. The zero-order chi connectivity index (χ0) is 10.7. The van der Waals surface area contributed by atoms with E-state index in [1.807, 2.05) is 5.43 Å². The molecule has 0 spiro atoms. The first kappa shape index (κ1) is 10.3. The molecular formula is C7H7F2N3O2. The molecule has 0 aliphatic rings. The maximum Gasteiger partial charge on any atom is 0.293 e. The van der Waals surface area contributed by atoms with Crippen LogP contribution in [0.2, 0.25) is 0 Å². The van der Waals surface area contributed by atoms with Gasteiger partial charge in [-0.25, -0.2) is 8.78 Å². The van der Waals surface area contributed by atoms with Crippen LogP contribution < -0.4 is 11.3 Å². The van der Waals surface area contributed by atoms with Crippen molar-refractivity contribution in [3.8, 4) is 0 Å². The summed E-state index contributed by atoms with van der Waals surface area (Å²) in [6.45, 7) is 0. The second-order valence-electron chi connectivity index (χ2n) is 2.48. The molecule has 3 N–H and O–H groups in total. The van der Waals surface area contributed by atoms with E-state index in [1.165, 1.54) is 0 Å². The Morgan fingerprint density at radius 2 is 2.14 bits per heavy atom. The predicted octanol–water partition coefficient (Wildman–Crippen LogP) is 1.82. The highest BCUT2D eigenvalue weighted by molar-refractivity contribution is 5.62. The molecule has 1 aromatic rings. The highest BCUT2D eigenvalue weighted by atomic mass is 19.3. The van der Waals surface area contributed by atoms with Gasteiger partial charge in [0.05, 0.1) is 4.92 Å². The minimum atomic E-state index is -2.68. The Bertz CT molecular complexity index is 357. The van der Waals surface area contributed by atoms with E-state index in [0.717, 1.165) is 18.2 Å². The molecule has 0 aliphatic carbocycles. The van der Waals surface area contributed by atoms with E-state index in [0.29, 0.717) is 0 Å². The van der Waals surface area contributed by atoms with Crippen LogP contribution in [0.5, 0.6) is 0 Å². The number of nitrogens with two attached hydrogens (primary N) is 1. The van der Waals surface area contributed by atoms with Crippen molar-refractivity contribution >= 4 is 11.4 Å². The molecule has 1 aromatic carbocycles. The summed E-state index contributed by atoms with van der Waals surface area (Å²) >= 11 is 0. The highest BCUT2D eigenvalue weighted by Gasteiger charge is 2.16. The van der Waals surface area contributed by atoms with Gasteiger partial charge in [0.15, 0.2) is 0 Å². The van der Waals surface area contributed by atoms with Crippen LogP contribution in [0.1, 0.15) is 12.0 Å². The van der Waals surface area contributed by atoms with E-state index in [2.05, 4.69) is 0 Å². The van der Waals surface area contributed by atoms with E-state index in [-0.39, 0.29) is 16.9 Å². The van der Waals surface area contributed by atoms with Crippen LogP contribution >= 0.6 is 0 Å². The lowest BCUT2D eigenvalue weighted by atomic mass is 10.2. The number of alkyl halides is 2. The van der Waals surface area contributed by atoms with Crippen molar-refractivity contribution in [2.75, 3.05) is 5.43 Å². The summed E-state index contributed by atoms with van der Waals surface area (Å²) in [6, 6.07) is 2.92. The monoisotopic (exact) mass is 203 g/mol. The number of anilines is 1. The fraction of sp³-hybridized carbons (Fsp3) is 0.143. The molecule has 1 rings (SSSR count). The summed E-state index contributed by atoms with van der Waals surface area (Å²) in [7, 11) is 0. The Labute approximate surface area is 77.6 Å². The first-order valence-electron chi connectivity index (χ1n) is 3.59. The molecule has 14 heavy (non-hydrogen) atoms. The van der Waals surface area contributed by atoms with Gasteiger partial charge in [-0.2, -0.15) is 0 Å². The van der Waals surface area contributed by atoms with Gasteiger partial charge in [0.1, 0.15) is 5.69 Å². The number of nitro benzene ring substituents is 1. The average Bonchev–Trinajstić information content (AvgIpc) is 2.16. The Kier molecular flexibility index (Phi) is 2.92. The molecule has 0 heterocycles. The number of rotatable bonds is 3. The highest BCUT2D eigenvalue weighted by Crippen LogP contribution is 2.28. The fourth-order valence-electron chi connectivity index (χ4n) is 0.964. The third-order valence-corrected chi connectivity index (χ3v) is 1.62. The lowest BCUT2D eigenvalue weighted by Crippen LogP contribution is -2.09. The molecular weight excluding hydrogens is 196 g/mol. The van der Waals surface area contributed by atoms with Crippen molar-refractivity contribution < 1.29 is 13.7 Å². The van der Waals surface area contributed by atoms with Crippen molar-refractivity contribution in [1.82, 2.24) is 0 Å². The number of hydrogen-bond donors (Lipinski definition) is 2. The minimum Gasteiger partial charge on any atom is -0.318 e. The quantitative estimate of drug-likeness (QED) is 0.446. The predicted molar refractivity (Wildman–Crippen MR) is 45.9 cm³/mol. The Hall–Kier alpha value is -1.76. The summed E-state index contributed by atoms with van der Waals surface area (Å²) in [5.74, 6) is 4.96. The van der Waals surface area contributed by atoms with Crippen LogP contribution in [0, 0.1) is 10.1 Å². The molecule has 5 nitrogen and oxygen atoms in total. The van der Waals surface area contributed by atoms with Crippen molar-refractivity contribution in [1.29, 1.82) is 0 Å². The number of hydrazine groups is 1. The van der Waals surface area contributed by atoms with Gasteiger partial charge in [-0.3, -0.25) is 16.0 Å². The van der Waals surface area contributed by atoms with Crippen molar-refractivity contribution in [2.45, 2.75) is 6.43 Å². The van der Waals surface area contributed by atoms with Gasteiger partial charge in [-0.05, 0) is 12.1 Å². The summed E-state index contributed by atoms with van der Waals surface area (Å²) in [4.78, 5) is 9.68. The van der Waals surface area contributed by atoms with Gasteiger partial charge in [0, 0.05) is 11.6 Å². The number of nitrogens with zero attached hydrogens (tertiary/aromatic N) is 1. The van der Waals surface area contributed by atoms with Crippen LogP contribution in [0.15, 0.2) is 18.2 Å². The van der Waals surface area contributed by atoms with Gasteiger partial charge < -0.3 is 5.43 Å². The summed E-state index contributed by atoms with van der Waals surface area (Å²) in [5, 5.41) is 10.4. The number of nitrogens with one attached hydrogen (secondary N) is 1. The molecule has 0 fully saturated rings. The lowest BCUT2D eigenvalue weighted by molar-refractivity contribution is -0.384. The Morgan fingerprint density at radius 1 is 1.50 bits per heavy atom. The molecule has 0 saturated carbocycles. The van der Waals surface area contributed by atoms with E-state index < -0.39 is 11.3 Å². The van der Waals surface area contributed by atoms with Crippen LogP contribution in [0.3, 0.4) is 0 Å². The zero-order valence-electron chi connectivity index (χ0n) is 6.91. The first-order chi connectivity index (χ1) is 6.56. The molecule has 7 heteroatoms. The third kappa shape index (κ3) is 1.94. The van der Waals surface area contributed by atoms with Crippen LogP contribution in [0.4, 0.5) is 20.2 Å². The maximum absolute atomic E-state index is 12.2. The van der Waals surface area contributed by atoms with Gasteiger partial charge in [-0.1, -0.05) is 0 Å². The smallest absolute Gasteiger partial charge is 0.293 e. The molecule has 0 atom stereocenters. The summed E-state index contributed by atoms with van der Waals surface area (Å²) in [6.07, 6.45) is -2.68. The zero-order valence-corrected chi connectivity index (χ0v) is 6.91.